The molecule has 1 amide bonds. The van der Waals surface area contributed by atoms with E-state index in [0.29, 0.717) is 12.2 Å². The molecule has 0 aliphatic heterocycles. The predicted octanol–water partition coefficient (Wildman–Crippen LogP) is 2.43. The van der Waals surface area contributed by atoms with Crippen LogP contribution >= 0.6 is 0 Å². The second kappa shape index (κ2) is 8.54. The van der Waals surface area contributed by atoms with Crippen molar-refractivity contribution >= 4 is 11.9 Å². The van der Waals surface area contributed by atoms with Crippen molar-refractivity contribution in [3.63, 3.8) is 0 Å². The van der Waals surface area contributed by atoms with Gasteiger partial charge in [0.15, 0.2) is 0 Å². The Balaban J connectivity index is 1.96. The summed E-state index contributed by atoms with van der Waals surface area (Å²) < 4.78 is 5.14. The van der Waals surface area contributed by atoms with E-state index < -0.39 is 6.04 Å². The van der Waals surface area contributed by atoms with Gasteiger partial charge in [-0.15, -0.1) is 0 Å². The van der Waals surface area contributed by atoms with Crippen molar-refractivity contribution in [1.82, 2.24) is 10.9 Å². The predicted molar refractivity (Wildman–Crippen MR) is 84.0 cm³/mol. The summed E-state index contributed by atoms with van der Waals surface area (Å²) in [7, 11) is 0. The van der Waals surface area contributed by atoms with E-state index in [1.807, 2.05) is 6.07 Å². The molecule has 0 saturated heterocycles. The standard InChI is InChI=1S/C17H24N2O3/c1-2-22-17(21)15(13-9-5-3-6-10-13)18-19-16(20)14-11-7-4-8-12-14/h4,7-8,11-13,15,18H,2-3,5-6,9-10H2,1H3,(H,19,20)/t15-/m1/s1. The molecular weight excluding hydrogens is 280 g/mol. The number of rotatable bonds is 6. The van der Waals surface area contributed by atoms with Crippen LogP contribution in [-0.2, 0) is 9.53 Å². The van der Waals surface area contributed by atoms with Gasteiger partial charge in [-0.2, -0.15) is 0 Å². The second-order valence-corrected chi connectivity index (χ2v) is 5.59. The summed E-state index contributed by atoms with van der Waals surface area (Å²) in [5, 5.41) is 0. The fraction of sp³-hybridized carbons (Fsp3) is 0.529. The van der Waals surface area contributed by atoms with Crippen LogP contribution in [0.1, 0.15) is 49.4 Å². The quantitative estimate of drug-likeness (QED) is 0.626. The van der Waals surface area contributed by atoms with Crippen LogP contribution in [-0.4, -0.2) is 24.5 Å². The number of ether oxygens (including phenoxy) is 1. The highest BCUT2D eigenvalue weighted by molar-refractivity contribution is 5.94. The third kappa shape index (κ3) is 4.56. The molecule has 2 N–H and O–H groups in total. The molecule has 0 aromatic heterocycles. The third-order valence-corrected chi connectivity index (χ3v) is 4.04. The molecule has 1 aromatic carbocycles. The Labute approximate surface area is 131 Å². The van der Waals surface area contributed by atoms with Crippen molar-refractivity contribution < 1.29 is 14.3 Å². The first-order valence-electron chi connectivity index (χ1n) is 8.00. The van der Waals surface area contributed by atoms with Crippen LogP contribution in [0.15, 0.2) is 30.3 Å². The summed E-state index contributed by atoms with van der Waals surface area (Å²) in [4.78, 5) is 24.2. The number of hydrogen-bond acceptors (Lipinski definition) is 4. The van der Waals surface area contributed by atoms with Crippen molar-refractivity contribution in [2.75, 3.05) is 6.61 Å². The van der Waals surface area contributed by atoms with Gasteiger partial charge in [0.2, 0.25) is 0 Å². The smallest absolute Gasteiger partial charge is 0.325 e. The normalized spacial score (nSPS) is 16.8. The van der Waals surface area contributed by atoms with Gasteiger partial charge in [-0.05, 0) is 37.8 Å². The van der Waals surface area contributed by atoms with Gasteiger partial charge in [-0.3, -0.25) is 15.0 Å². The zero-order chi connectivity index (χ0) is 15.8. The Bertz CT molecular complexity index is 484. The van der Waals surface area contributed by atoms with Crippen molar-refractivity contribution in [3.05, 3.63) is 35.9 Å². The Kier molecular flexibility index (Phi) is 6.40. The fourth-order valence-corrected chi connectivity index (χ4v) is 2.87. The lowest BCUT2D eigenvalue weighted by Gasteiger charge is -2.29. The number of hydrazine groups is 1. The molecule has 1 aromatic rings. The van der Waals surface area contributed by atoms with Gasteiger partial charge >= 0.3 is 5.97 Å². The van der Waals surface area contributed by atoms with Crippen molar-refractivity contribution in [3.8, 4) is 0 Å². The molecule has 0 radical (unpaired) electrons. The number of benzene rings is 1. The zero-order valence-electron chi connectivity index (χ0n) is 13.0. The topological polar surface area (TPSA) is 67.4 Å². The number of amides is 1. The van der Waals surface area contributed by atoms with E-state index >= 15 is 0 Å². The van der Waals surface area contributed by atoms with Gasteiger partial charge in [-0.1, -0.05) is 37.5 Å². The molecule has 2 rings (SSSR count). The van der Waals surface area contributed by atoms with E-state index in [-0.39, 0.29) is 17.8 Å². The summed E-state index contributed by atoms with van der Waals surface area (Å²) in [6.07, 6.45) is 5.42. The molecule has 5 nitrogen and oxygen atoms in total. The van der Waals surface area contributed by atoms with Crippen LogP contribution in [0.2, 0.25) is 0 Å². The molecule has 1 aliphatic rings. The highest BCUT2D eigenvalue weighted by Crippen LogP contribution is 2.26. The highest BCUT2D eigenvalue weighted by atomic mass is 16.5. The summed E-state index contributed by atoms with van der Waals surface area (Å²) >= 11 is 0. The van der Waals surface area contributed by atoms with E-state index in [1.54, 1.807) is 31.2 Å². The van der Waals surface area contributed by atoms with Crippen LogP contribution in [0.25, 0.3) is 0 Å². The molecular formula is C17H24N2O3. The average molecular weight is 304 g/mol. The fourth-order valence-electron chi connectivity index (χ4n) is 2.87. The Morgan fingerprint density at radius 2 is 1.86 bits per heavy atom. The number of hydrogen-bond donors (Lipinski definition) is 2. The van der Waals surface area contributed by atoms with E-state index in [1.165, 1.54) is 6.42 Å². The summed E-state index contributed by atoms with van der Waals surface area (Å²) in [6.45, 7) is 2.13. The monoisotopic (exact) mass is 304 g/mol. The van der Waals surface area contributed by atoms with Crippen molar-refractivity contribution in [1.29, 1.82) is 0 Å². The van der Waals surface area contributed by atoms with Crippen molar-refractivity contribution in [2.45, 2.75) is 45.1 Å². The molecule has 1 saturated carbocycles. The van der Waals surface area contributed by atoms with Crippen LogP contribution in [0.3, 0.4) is 0 Å². The number of nitrogens with one attached hydrogen (secondary N) is 2. The lowest BCUT2D eigenvalue weighted by molar-refractivity contribution is -0.147. The largest absolute Gasteiger partial charge is 0.465 e. The van der Waals surface area contributed by atoms with E-state index in [2.05, 4.69) is 10.9 Å². The first-order valence-corrected chi connectivity index (χ1v) is 8.00. The van der Waals surface area contributed by atoms with Gasteiger partial charge in [-0.25, -0.2) is 5.43 Å². The molecule has 120 valence electrons. The first kappa shape index (κ1) is 16.5. The van der Waals surface area contributed by atoms with Gasteiger partial charge in [0, 0.05) is 5.56 Å². The average Bonchev–Trinajstić information content (AvgIpc) is 2.57. The highest BCUT2D eigenvalue weighted by Gasteiger charge is 2.30. The van der Waals surface area contributed by atoms with Gasteiger partial charge < -0.3 is 4.74 Å². The maximum Gasteiger partial charge on any atom is 0.325 e. The Hall–Kier alpha value is -1.88. The van der Waals surface area contributed by atoms with Gasteiger partial charge in [0.25, 0.3) is 5.91 Å². The first-order chi connectivity index (χ1) is 10.7. The maximum atomic E-state index is 12.2. The van der Waals surface area contributed by atoms with Crippen LogP contribution < -0.4 is 10.9 Å². The second-order valence-electron chi connectivity index (χ2n) is 5.59. The van der Waals surface area contributed by atoms with Crippen molar-refractivity contribution in [2.24, 2.45) is 5.92 Å². The number of carbonyl (C=O) groups is 2. The van der Waals surface area contributed by atoms with E-state index in [4.69, 9.17) is 4.74 Å². The summed E-state index contributed by atoms with van der Waals surface area (Å²) in [6, 6.07) is 8.45. The molecule has 1 aliphatic carbocycles. The Morgan fingerprint density at radius 3 is 2.50 bits per heavy atom. The van der Waals surface area contributed by atoms with Crippen LogP contribution in [0.5, 0.6) is 0 Å². The minimum Gasteiger partial charge on any atom is -0.465 e. The SMILES string of the molecule is CCOC(=O)[C@H](NNC(=O)c1ccccc1)C1CCCCC1. The maximum absolute atomic E-state index is 12.2. The molecule has 0 spiro atoms. The number of esters is 1. The summed E-state index contributed by atoms with van der Waals surface area (Å²) in [5.74, 6) is -0.322. The lowest BCUT2D eigenvalue weighted by atomic mass is 9.84. The minimum atomic E-state index is -0.479. The summed E-state index contributed by atoms with van der Waals surface area (Å²) in [5.41, 5.74) is 6.10. The molecule has 5 heteroatoms. The van der Waals surface area contributed by atoms with Gasteiger partial charge in [0.1, 0.15) is 6.04 Å². The Morgan fingerprint density at radius 1 is 1.18 bits per heavy atom. The van der Waals surface area contributed by atoms with E-state index in [0.717, 1.165) is 25.7 Å². The number of carbonyl (C=O) groups excluding carboxylic acids is 2. The molecule has 0 unspecified atom stereocenters. The van der Waals surface area contributed by atoms with E-state index in [9.17, 15) is 9.59 Å². The molecule has 1 fully saturated rings. The molecule has 22 heavy (non-hydrogen) atoms. The minimum absolute atomic E-state index is 0.212. The van der Waals surface area contributed by atoms with Gasteiger partial charge in [0.05, 0.1) is 6.61 Å². The lowest BCUT2D eigenvalue weighted by Crippen LogP contribution is -2.52. The van der Waals surface area contributed by atoms with Crippen LogP contribution in [0.4, 0.5) is 0 Å². The van der Waals surface area contributed by atoms with Crippen LogP contribution in [0, 0.1) is 5.92 Å². The molecule has 1 atom stereocenters. The molecule has 0 heterocycles. The molecule has 0 bridgehead atoms. The zero-order valence-corrected chi connectivity index (χ0v) is 13.0. The third-order valence-electron chi connectivity index (χ3n) is 4.04.